The van der Waals surface area contributed by atoms with Crippen molar-refractivity contribution >= 4 is 27.3 Å². The van der Waals surface area contributed by atoms with E-state index in [-0.39, 0.29) is 0 Å². The predicted molar refractivity (Wildman–Crippen MR) is 71.9 cm³/mol. The van der Waals surface area contributed by atoms with E-state index in [4.69, 9.17) is 0 Å². The third-order valence-electron chi connectivity index (χ3n) is 2.50. The second kappa shape index (κ2) is 5.13. The standard InChI is InChI=1S/C13H13BrOS/c1-9-3-2-4-10(7-9)12(15)8-13-11(14)5-6-16-13/h2-7,12,15H,8H2,1H3. The van der Waals surface area contributed by atoms with E-state index in [1.807, 2.05) is 42.6 Å². The van der Waals surface area contributed by atoms with Crippen molar-refractivity contribution in [3.05, 3.63) is 56.2 Å². The number of aliphatic hydroxyl groups excluding tert-OH is 1. The van der Waals surface area contributed by atoms with Crippen LogP contribution >= 0.6 is 27.3 Å². The van der Waals surface area contributed by atoms with Crippen LogP contribution in [-0.4, -0.2) is 5.11 Å². The minimum Gasteiger partial charge on any atom is -0.388 e. The summed E-state index contributed by atoms with van der Waals surface area (Å²) in [4.78, 5) is 1.19. The Bertz CT molecular complexity index is 478. The van der Waals surface area contributed by atoms with Crippen LogP contribution in [0.2, 0.25) is 0 Å². The Morgan fingerprint density at radius 2 is 2.19 bits per heavy atom. The molecule has 84 valence electrons. The first kappa shape index (κ1) is 11.8. The van der Waals surface area contributed by atoms with E-state index in [2.05, 4.69) is 15.9 Å². The number of aryl methyl sites for hydroxylation is 1. The van der Waals surface area contributed by atoms with Crippen molar-refractivity contribution in [2.75, 3.05) is 0 Å². The molecule has 0 spiro atoms. The summed E-state index contributed by atoms with van der Waals surface area (Å²) in [6.07, 6.45) is 0.247. The average molecular weight is 297 g/mol. The van der Waals surface area contributed by atoms with Gasteiger partial charge in [-0.1, -0.05) is 29.8 Å². The lowest BCUT2D eigenvalue weighted by atomic mass is 10.0. The number of halogens is 1. The maximum Gasteiger partial charge on any atom is 0.0838 e. The van der Waals surface area contributed by atoms with Crippen molar-refractivity contribution in [2.45, 2.75) is 19.4 Å². The van der Waals surface area contributed by atoms with Gasteiger partial charge >= 0.3 is 0 Å². The first-order valence-corrected chi connectivity index (χ1v) is 6.80. The molecule has 1 atom stereocenters. The summed E-state index contributed by atoms with van der Waals surface area (Å²) in [6.45, 7) is 2.04. The molecular weight excluding hydrogens is 284 g/mol. The van der Waals surface area contributed by atoms with Crippen LogP contribution in [0.25, 0.3) is 0 Å². The van der Waals surface area contributed by atoms with Crippen molar-refractivity contribution in [1.29, 1.82) is 0 Å². The molecule has 0 aliphatic rings. The molecule has 1 heterocycles. The Hall–Kier alpha value is -0.640. The molecule has 3 heteroatoms. The van der Waals surface area contributed by atoms with Crippen molar-refractivity contribution < 1.29 is 5.11 Å². The lowest BCUT2D eigenvalue weighted by molar-refractivity contribution is 0.179. The third kappa shape index (κ3) is 2.73. The summed E-state index contributed by atoms with van der Waals surface area (Å²) in [5, 5.41) is 12.2. The SMILES string of the molecule is Cc1cccc(C(O)Cc2sccc2Br)c1. The molecule has 1 aromatic heterocycles. The molecule has 0 radical (unpaired) electrons. The zero-order valence-electron chi connectivity index (χ0n) is 8.98. The Labute approximate surface area is 108 Å². The maximum absolute atomic E-state index is 10.1. The van der Waals surface area contributed by atoms with Gasteiger partial charge in [-0.15, -0.1) is 11.3 Å². The van der Waals surface area contributed by atoms with E-state index >= 15 is 0 Å². The van der Waals surface area contributed by atoms with E-state index in [1.165, 1.54) is 10.4 Å². The van der Waals surface area contributed by atoms with Gasteiger partial charge < -0.3 is 5.11 Å². The number of benzene rings is 1. The van der Waals surface area contributed by atoms with E-state index < -0.39 is 6.10 Å². The quantitative estimate of drug-likeness (QED) is 0.904. The van der Waals surface area contributed by atoms with Crippen LogP contribution in [-0.2, 0) is 6.42 Å². The van der Waals surface area contributed by atoms with Crippen LogP contribution in [0.15, 0.2) is 40.2 Å². The minimum absolute atomic E-state index is 0.421. The Morgan fingerprint density at radius 3 is 2.81 bits per heavy atom. The predicted octanol–water partition coefficient (Wildman–Crippen LogP) is 4.10. The second-order valence-electron chi connectivity index (χ2n) is 3.83. The number of hydrogen-bond acceptors (Lipinski definition) is 2. The normalized spacial score (nSPS) is 12.7. The largest absolute Gasteiger partial charge is 0.388 e. The topological polar surface area (TPSA) is 20.2 Å². The van der Waals surface area contributed by atoms with Crippen molar-refractivity contribution in [2.24, 2.45) is 0 Å². The highest BCUT2D eigenvalue weighted by Gasteiger charge is 2.11. The average Bonchev–Trinajstić information content (AvgIpc) is 2.64. The van der Waals surface area contributed by atoms with E-state index in [9.17, 15) is 5.11 Å². The van der Waals surface area contributed by atoms with Gasteiger partial charge in [-0.3, -0.25) is 0 Å². The van der Waals surface area contributed by atoms with Gasteiger partial charge in [0.25, 0.3) is 0 Å². The molecule has 0 aliphatic carbocycles. The van der Waals surface area contributed by atoms with Crippen LogP contribution in [0.5, 0.6) is 0 Å². The molecule has 0 amide bonds. The zero-order chi connectivity index (χ0) is 11.5. The third-order valence-corrected chi connectivity index (χ3v) is 4.45. The highest BCUT2D eigenvalue weighted by Crippen LogP contribution is 2.28. The van der Waals surface area contributed by atoms with Gasteiger partial charge in [0.15, 0.2) is 0 Å². The smallest absolute Gasteiger partial charge is 0.0838 e. The molecule has 0 saturated heterocycles. The first-order chi connectivity index (χ1) is 7.66. The van der Waals surface area contributed by atoms with E-state index in [1.54, 1.807) is 11.3 Å². The van der Waals surface area contributed by atoms with Gasteiger partial charge in [-0.25, -0.2) is 0 Å². The molecule has 0 saturated carbocycles. The molecule has 0 fully saturated rings. The fourth-order valence-corrected chi connectivity index (χ4v) is 3.19. The summed E-state index contributed by atoms with van der Waals surface area (Å²) in [5.41, 5.74) is 2.17. The Kier molecular flexibility index (Phi) is 3.79. The fourth-order valence-electron chi connectivity index (χ4n) is 1.64. The highest BCUT2D eigenvalue weighted by atomic mass is 79.9. The zero-order valence-corrected chi connectivity index (χ0v) is 11.4. The Morgan fingerprint density at radius 1 is 1.38 bits per heavy atom. The highest BCUT2D eigenvalue weighted by molar-refractivity contribution is 9.10. The monoisotopic (exact) mass is 296 g/mol. The number of hydrogen-bond donors (Lipinski definition) is 1. The lowest BCUT2D eigenvalue weighted by Crippen LogP contribution is -2.01. The summed E-state index contributed by atoms with van der Waals surface area (Å²) in [7, 11) is 0. The van der Waals surface area contributed by atoms with Gasteiger partial charge in [-0.2, -0.15) is 0 Å². The van der Waals surface area contributed by atoms with Crippen molar-refractivity contribution in [3.8, 4) is 0 Å². The molecule has 1 unspecified atom stereocenters. The minimum atomic E-state index is -0.421. The first-order valence-electron chi connectivity index (χ1n) is 5.13. The molecule has 0 aliphatic heterocycles. The molecule has 1 aromatic carbocycles. The van der Waals surface area contributed by atoms with Crippen LogP contribution in [0, 0.1) is 6.92 Å². The Balaban J connectivity index is 2.14. The molecule has 2 rings (SSSR count). The van der Waals surface area contributed by atoms with Crippen LogP contribution in [0.1, 0.15) is 22.1 Å². The summed E-state index contributed by atoms with van der Waals surface area (Å²) >= 11 is 5.15. The van der Waals surface area contributed by atoms with E-state index in [0.29, 0.717) is 6.42 Å². The molecule has 0 bridgehead atoms. The van der Waals surface area contributed by atoms with Crippen LogP contribution in [0.4, 0.5) is 0 Å². The van der Waals surface area contributed by atoms with Gasteiger partial charge in [0.05, 0.1) is 6.10 Å². The van der Waals surface area contributed by atoms with Crippen molar-refractivity contribution in [1.82, 2.24) is 0 Å². The maximum atomic E-state index is 10.1. The summed E-state index contributed by atoms with van der Waals surface area (Å²) in [5.74, 6) is 0. The van der Waals surface area contributed by atoms with Crippen LogP contribution < -0.4 is 0 Å². The van der Waals surface area contributed by atoms with Gasteiger partial charge in [-0.05, 0) is 39.9 Å². The molecule has 1 nitrogen and oxygen atoms in total. The number of aliphatic hydroxyl groups is 1. The molecule has 1 N–H and O–H groups in total. The van der Waals surface area contributed by atoms with Gasteiger partial charge in [0, 0.05) is 15.8 Å². The second-order valence-corrected chi connectivity index (χ2v) is 5.68. The number of rotatable bonds is 3. The molecular formula is C13H13BrOS. The summed E-state index contributed by atoms with van der Waals surface area (Å²) in [6, 6.07) is 10.0. The fraction of sp³-hybridized carbons (Fsp3) is 0.231. The van der Waals surface area contributed by atoms with Gasteiger partial charge in [0.2, 0.25) is 0 Å². The van der Waals surface area contributed by atoms with Crippen molar-refractivity contribution in [3.63, 3.8) is 0 Å². The van der Waals surface area contributed by atoms with E-state index in [0.717, 1.165) is 10.0 Å². The van der Waals surface area contributed by atoms with Gasteiger partial charge in [0.1, 0.15) is 0 Å². The van der Waals surface area contributed by atoms with Crippen LogP contribution in [0.3, 0.4) is 0 Å². The molecule has 16 heavy (non-hydrogen) atoms. The molecule has 2 aromatic rings. The number of thiophene rings is 1. The summed E-state index contributed by atoms with van der Waals surface area (Å²) < 4.78 is 1.09. The lowest BCUT2D eigenvalue weighted by Gasteiger charge is -2.10.